The number of carbonyl (C=O) groups is 1. The first-order chi connectivity index (χ1) is 9.99. The molecule has 1 aliphatic rings. The molecule has 2 rings (SSSR count). The van der Waals surface area contributed by atoms with Crippen LogP contribution in [0.4, 0.5) is 0 Å². The molecular weight excluding hydrogens is 262 g/mol. The zero-order valence-corrected chi connectivity index (χ0v) is 14.0. The zero-order chi connectivity index (χ0) is 15.5. The first-order valence-electron chi connectivity index (χ1n) is 8.22. The second-order valence-electron chi connectivity index (χ2n) is 6.54. The fourth-order valence-corrected chi connectivity index (χ4v) is 3.53. The normalized spacial score (nSPS) is 18.7. The molecule has 4 nitrogen and oxygen atoms in total. The van der Waals surface area contributed by atoms with E-state index in [1.54, 1.807) is 0 Å². The Kier molecular flexibility index (Phi) is 5.20. The molecule has 0 spiro atoms. The number of likely N-dealkylation sites (N-methyl/N-ethyl adjacent to an activating group) is 1. The summed E-state index contributed by atoms with van der Waals surface area (Å²) in [6, 6.07) is 2.08. The molecule has 1 aromatic heterocycles. The van der Waals surface area contributed by atoms with Crippen molar-refractivity contribution in [2.45, 2.75) is 63.8 Å². The van der Waals surface area contributed by atoms with Crippen LogP contribution in [0.1, 0.15) is 56.8 Å². The molecule has 0 saturated heterocycles. The molecule has 1 fully saturated rings. The average molecular weight is 291 g/mol. The predicted octanol–water partition coefficient (Wildman–Crippen LogP) is 2.75. The van der Waals surface area contributed by atoms with Crippen LogP contribution < -0.4 is 0 Å². The van der Waals surface area contributed by atoms with E-state index in [0.29, 0.717) is 12.2 Å². The minimum absolute atomic E-state index is 0.271. The molecule has 1 heterocycles. The number of nitrogens with zero attached hydrogens (tertiary/aromatic N) is 3. The number of aromatic nitrogens is 2. The summed E-state index contributed by atoms with van der Waals surface area (Å²) in [5.74, 6) is 0.361. The summed E-state index contributed by atoms with van der Waals surface area (Å²) in [5, 5.41) is 4.46. The Morgan fingerprint density at radius 1 is 1.29 bits per heavy atom. The lowest BCUT2D eigenvalue weighted by atomic mass is 9.82. The lowest BCUT2D eigenvalue weighted by Gasteiger charge is -2.38. The number of ketones is 1. The SMILES string of the molecule is CCc1cc(CC(=O)C2(N(C)C)CCCCCC2)n(C)n1. The summed E-state index contributed by atoms with van der Waals surface area (Å²) in [6.07, 6.45) is 8.26. The molecule has 0 bridgehead atoms. The van der Waals surface area contributed by atoms with Crippen LogP contribution >= 0.6 is 0 Å². The minimum atomic E-state index is -0.271. The maximum absolute atomic E-state index is 13.1. The number of rotatable bonds is 5. The summed E-state index contributed by atoms with van der Waals surface area (Å²) >= 11 is 0. The van der Waals surface area contributed by atoms with Crippen LogP contribution in [0.5, 0.6) is 0 Å². The van der Waals surface area contributed by atoms with Gasteiger partial charge in [-0.25, -0.2) is 0 Å². The molecule has 1 aliphatic carbocycles. The maximum atomic E-state index is 13.1. The van der Waals surface area contributed by atoms with Crippen LogP contribution in [0.25, 0.3) is 0 Å². The third kappa shape index (κ3) is 3.37. The van der Waals surface area contributed by atoms with E-state index in [4.69, 9.17) is 0 Å². The van der Waals surface area contributed by atoms with Crippen LogP contribution in [0, 0.1) is 0 Å². The van der Waals surface area contributed by atoms with Gasteiger partial charge >= 0.3 is 0 Å². The summed E-state index contributed by atoms with van der Waals surface area (Å²) in [7, 11) is 6.06. The van der Waals surface area contributed by atoms with E-state index >= 15 is 0 Å². The topological polar surface area (TPSA) is 38.1 Å². The second kappa shape index (κ2) is 6.73. The zero-order valence-electron chi connectivity index (χ0n) is 14.0. The van der Waals surface area contributed by atoms with E-state index in [0.717, 1.165) is 43.5 Å². The highest BCUT2D eigenvalue weighted by molar-refractivity contribution is 5.90. The van der Waals surface area contributed by atoms with Gasteiger partial charge < -0.3 is 0 Å². The van der Waals surface area contributed by atoms with Gasteiger partial charge in [0.15, 0.2) is 5.78 Å². The summed E-state index contributed by atoms with van der Waals surface area (Å²) < 4.78 is 1.87. The summed E-state index contributed by atoms with van der Waals surface area (Å²) in [6.45, 7) is 2.10. The molecule has 0 radical (unpaired) electrons. The Balaban J connectivity index is 2.20. The first-order valence-corrected chi connectivity index (χ1v) is 8.22. The van der Waals surface area contributed by atoms with E-state index in [-0.39, 0.29) is 5.54 Å². The predicted molar refractivity (Wildman–Crippen MR) is 85.4 cm³/mol. The second-order valence-corrected chi connectivity index (χ2v) is 6.54. The van der Waals surface area contributed by atoms with Crippen molar-refractivity contribution in [3.8, 4) is 0 Å². The molecule has 0 N–H and O–H groups in total. The fourth-order valence-electron chi connectivity index (χ4n) is 3.53. The Labute approximate surface area is 128 Å². The van der Waals surface area contributed by atoms with Crippen molar-refractivity contribution in [3.63, 3.8) is 0 Å². The van der Waals surface area contributed by atoms with Crippen LogP contribution in [0.3, 0.4) is 0 Å². The van der Waals surface area contributed by atoms with Crippen molar-refractivity contribution in [1.82, 2.24) is 14.7 Å². The molecule has 1 aromatic rings. The molecule has 21 heavy (non-hydrogen) atoms. The van der Waals surface area contributed by atoms with Gasteiger partial charge in [-0.15, -0.1) is 0 Å². The third-order valence-electron chi connectivity index (χ3n) is 5.04. The van der Waals surface area contributed by atoms with Crippen LogP contribution in [-0.2, 0) is 24.7 Å². The molecule has 0 aliphatic heterocycles. The van der Waals surface area contributed by atoms with Crippen molar-refractivity contribution in [2.24, 2.45) is 7.05 Å². The van der Waals surface area contributed by atoms with Gasteiger partial charge in [0, 0.05) is 12.7 Å². The molecule has 0 unspecified atom stereocenters. The number of carbonyl (C=O) groups excluding carboxylic acids is 1. The molecule has 1 saturated carbocycles. The van der Waals surface area contributed by atoms with Crippen LogP contribution in [-0.4, -0.2) is 40.1 Å². The van der Waals surface area contributed by atoms with Gasteiger partial charge in [-0.05, 0) is 39.4 Å². The molecule has 0 amide bonds. The van der Waals surface area contributed by atoms with E-state index in [9.17, 15) is 4.79 Å². The molecular formula is C17H29N3O. The van der Waals surface area contributed by atoms with Gasteiger partial charge in [0.25, 0.3) is 0 Å². The van der Waals surface area contributed by atoms with Gasteiger partial charge in [0.2, 0.25) is 0 Å². The lowest BCUT2D eigenvalue weighted by Crippen LogP contribution is -2.51. The Morgan fingerprint density at radius 3 is 2.38 bits per heavy atom. The van der Waals surface area contributed by atoms with E-state index in [1.165, 1.54) is 12.8 Å². The average Bonchev–Trinajstić information content (AvgIpc) is 2.67. The highest BCUT2D eigenvalue weighted by atomic mass is 16.1. The smallest absolute Gasteiger partial charge is 0.158 e. The van der Waals surface area contributed by atoms with Gasteiger partial charge in [-0.2, -0.15) is 5.10 Å². The van der Waals surface area contributed by atoms with E-state index < -0.39 is 0 Å². The monoisotopic (exact) mass is 291 g/mol. The molecule has 0 atom stereocenters. The summed E-state index contributed by atoms with van der Waals surface area (Å²) in [4.78, 5) is 15.2. The van der Waals surface area contributed by atoms with Gasteiger partial charge in [-0.3, -0.25) is 14.4 Å². The maximum Gasteiger partial charge on any atom is 0.158 e. The largest absolute Gasteiger partial charge is 0.297 e. The van der Waals surface area contributed by atoms with Crippen LogP contribution in [0.2, 0.25) is 0 Å². The van der Waals surface area contributed by atoms with Crippen molar-refractivity contribution in [2.75, 3.05) is 14.1 Å². The molecule has 118 valence electrons. The van der Waals surface area contributed by atoms with Gasteiger partial charge in [0.1, 0.15) is 0 Å². The number of hydrogen-bond acceptors (Lipinski definition) is 3. The van der Waals surface area contributed by atoms with E-state index in [2.05, 4.69) is 37.1 Å². The van der Waals surface area contributed by atoms with Crippen molar-refractivity contribution < 1.29 is 4.79 Å². The van der Waals surface area contributed by atoms with Crippen molar-refractivity contribution in [1.29, 1.82) is 0 Å². The molecule has 4 heteroatoms. The highest BCUT2D eigenvalue weighted by Gasteiger charge is 2.40. The Bertz CT molecular complexity index is 482. The third-order valence-corrected chi connectivity index (χ3v) is 5.04. The lowest BCUT2D eigenvalue weighted by molar-refractivity contribution is -0.130. The first kappa shape index (κ1) is 16.2. The van der Waals surface area contributed by atoms with Crippen molar-refractivity contribution in [3.05, 3.63) is 17.5 Å². The quantitative estimate of drug-likeness (QED) is 0.783. The fraction of sp³-hybridized carbons (Fsp3) is 0.765. The molecule has 0 aromatic carbocycles. The standard InChI is InChI=1S/C17H29N3O/c1-5-14-12-15(20(4)18-14)13-16(21)17(19(2)3)10-8-6-7-9-11-17/h12H,5-11,13H2,1-4H3. The van der Waals surface area contributed by atoms with Crippen molar-refractivity contribution >= 4 is 5.78 Å². The Hall–Kier alpha value is -1.16. The Morgan fingerprint density at radius 2 is 1.90 bits per heavy atom. The van der Waals surface area contributed by atoms with E-state index in [1.807, 2.05) is 11.7 Å². The summed E-state index contributed by atoms with van der Waals surface area (Å²) in [5.41, 5.74) is 1.84. The number of hydrogen-bond donors (Lipinski definition) is 0. The number of Topliss-reactive ketones (excluding diaryl/α,β-unsaturated/α-hetero) is 1. The van der Waals surface area contributed by atoms with Gasteiger partial charge in [0.05, 0.1) is 17.7 Å². The minimum Gasteiger partial charge on any atom is -0.297 e. The van der Waals surface area contributed by atoms with Gasteiger partial charge in [-0.1, -0.05) is 32.6 Å². The van der Waals surface area contributed by atoms with Crippen LogP contribution in [0.15, 0.2) is 6.07 Å². The number of aryl methyl sites for hydroxylation is 2. The highest BCUT2D eigenvalue weighted by Crippen LogP contribution is 2.33.